The number of rotatable bonds is 4. The van der Waals surface area contributed by atoms with Gasteiger partial charge < -0.3 is 9.84 Å². The second-order valence-corrected chi connectivity index (χ2v) is 2.95. The summed E-state index contributed by atoms with van der Waals surface area (Å²) in [5.74, 6) is 2.45. The van der Waals surface area contributed by atoms with E-state index in [1.54, 1.807) is 19.1 Å². The average Bonchev–Trinajstić information content (AvgIpc) is 2.00. The van der Waals surface area contributed by atoms with Crippen LogP contribution in [0.2, 0.25) is 0 Å². The average molecular weight is 168 g/mol. The first kappa shape index (κ1) is 11.2. The van der Waals surface area contributed by atoms with Gasteiger partial charge in [0.05, 0.1) is 5.60 Å². The quantitative estimate of drug-likeness (QED) is 0.507. The fraction of sp³-hybridized carbons (Fsp3) is 0.600. The first-order valence-corrected chi connectivity index (χ1v) is 3.91. The van der Waals surface area contributed by atoms with E-state index in [2.05, 4.69) is 5.92 Å². The van der Waals surface area contributed by atoms with E-state index in [0.29, 0.717) is 6.42 Å². The molecule has 0 aliphatic heterocycles. The van der Waals surface area contributed by atoms with Crippen LogP contribution in [0.1, 0.15) is 20.3 Å². The number of hydrogen-bond acceptors (Lipinski definition) is 2. The summed E-state index contributed by atoms with van der Waals surface area (Å²) in [4.78, 5) is 0. The van der Waals surface area contributed by atoms with Gasteiger partial charge in [0.2, 0.25) is 0 Å². The van der Waals surface area contributed by atoms with Crippen LogP contribution in [0.5, 0.6) is 0 Å². The Morgan fingerprint density at radius 1 is 1.75 bits per heavy atom. The lowest BCUT2D eigenvalue weighted by Gasteiger charge is -2.21. The van der Waals surface area contributed by atoms with Crippen molar-refractivity contribution in [3.05, 3.63) is 12.2 Å². The van der Waals surface area contributed by atoms with E-state index in [9.17, 15) is 5.11 Å². The Kier molecular flexibility index (Phi) is 4.65. The molecule has 0 radical (unpaired) electrons. The molecule has 2 unspecified atom stereocenters. The molecule has 0 fully saturated rings. The number of allylic oxidation sites excluding steroid dienone is 1. The van der Waals surface area contributed by atoms with Crippen LogP contribution in [0.25, 0.3) is 0 Å². The van der Waals surface area contributed by atoms with Crippen molar-refractivity contribution in [3.8, 4) is 12.3 Å². The van der Waals surface area contributed by atoms with Crippen LogP contribution in [0, 0.1) is 12.3 Å². The lowest BCUT2D eigenvalue weighted by molar-refractivity contribution is 0.0406. The Hall–Kier alpha value is -0.780. The summed E-state index contributed by atoms with van der Waals surface area (Å²) in [5, 5.41) is 9.68. The molecule has 0 aromatic heterocycles. The van der Waals surface area contributed by atoms with Gasteiger partial charge in [0.25, 0.3) is 0 Å². The standard InChI is InChI=1S/C10H16O2/c1-5-7-10(3,11)8-9(6-2)12-4/h2,5,7,9,11H,8H2,1,3-4H3. The highest BCUT2D eigenvalue weighted by Gasteiger charge is 2.20. The van der Waals surface area contributed by atoms with Gasteiger partial charge in [-0.1, -0.05) is 18.1 Å². The van der Waals surface area contributed by atoms with Crippen molar-refractivity contribution in [1.29, 1.82) is 0 Å². The van der Waals surface area contributed by atoms with Crippen LogP contribution in [-0.4, -0.2) is 23.9 Å². The molecule has 0 aromatic rings. The van der Waals surface area contributed by atoms with Crippen molar-refractivity contribution in [2.45, 2.75) is 32.0 Å². The predicted molar refractivity (Wildman–Crippen MR) is 49.7 cm³/mol. The van der Waals surface area contributed by atoms with Gasteiger partial charge >= 0.3 is 0 Å². The monoisotopic (exact) mass is 168 g/mol. The maximum absolute atomic E-state index is 9.68. The summed E-state index contributed by atoms with van der Waals surface area (Å²) in [5.41, 5.74) is -0.873. The summed E-state index contributed by atoms with van der Waals surface area (Å²) in [6.45, 7) is 3.56. The minimum absolute atomic E-state index is 0.323. The fourth-order valence-corrected chi connectivity index (χ4v) is 1.01. The largest absolute Gasteiger partial charge is 0.386 e. The lowest BCUT2D eigenvalue weighted by atomic mass is 9.98. The highest BCUT2D eigenvalue weighted by molar-refractivity contribution is 5.04. The van der Waals surface area contributed by atoms with Gasteiger partial charge in [0.15, 0.2) is 0 Å². The zero-order valence-corrected chi connectivity index (χ0v) is 7.87. The Labute approximate surface area is 74.2 Å². The van der Waals surface area contributed by atoms with E-state index in [1.165, 1.54) is 7.11 Å². The van der Waals surface area contributed by atoms with Crippen molar-refractivity contribution in [2.24, 2.45) is 0 Å². The molecule has 0 bridgehead atoms. The van der Waals surface area contributed by atoms with E-state index in [1.807, 2.05) is 6.92 Å². The fourth-order valence-electron chi connectivity index (χ4n) is 1.01. The molecule has 0 spiro atoms. The Balaban J connectivity index is 4.14. The van der Waals surface area contributed by atoms with Crippen molar-refractivity contribution in [1.82, 2.24) is 0 Å². The van der Waals surface area contributed by atoms with Gasteiger partial charge in [0.1, 0.15) is 6.10 Å². The molecule has 0 heterocycles. The molecule has 68 valence electrons. The predicted octanol–water partition coefficient (Wildman–Crippen LogP) is 1.35. The first-order valence-electron chi connectivity index (χ1n) is 3.91. The molecular formula is C10H16O2. The summed E-state index contributed by atoms with van der Waals surface area (Å²) in [6.07, 6.45) is 8.77. The van der Waals surface area contributed by atoms with E-state index >= 15 is 0 Å². The normalized spacial score (nSPS) is 18.6. The van der Waals surface area contributed by atoms with E-state index in [0.717, 1.165) is 0 Å². The molecule has 0 aromatic carbocycles. The minimum atomic E-state index is -0.873. The lowest BCUT2D eigenvalue weighted by Crippen LogP contribution is -2.27. The van der Waals surface area contributed by atoms with Crippen LogP contribution in [0.4, 0.5) is 0 Å². The summed E-state index contributed by atoms with van der Waals surface area (Å²) in [7, 11) is 1.54. The molecule has 1 N–H and O–H groups in total. The summed E-state index contributed by atoms with van der Waals surface area (Å²) < 4.78 is 4.95. The SMILES string of the molecule is C#CC(CC(C)(O)C=CC)OC. The van der Waals surface area contributed by atoms with Gasteiger partial charge in [-0.05, 0) is 13.8 Å². The molecule has 0 aliphatic carbocycles. The number of ether oxygens (including phenoxy) is 1. The smallest absolute Gasteiger partial charge is 0.120 e. The van der Waals surface area contributed by atoms with Gasteiger partial charge in [-0.3, -0.25) is 0 Å². The highest BCUT2D eigenvalue weighted by atomic mass is 16.5. The zero-order valence-electron chi connectivity index (χ0n) is 7.87. The minimum Gasteiger partial charge on any atom is -0.386 e. The number of terminal acetylenes is 1. The van der Waals surface area contributed by atoms with Crippen molar-refractivity contribution >= 4 is 0 Å². The second-order valence-electron chi connectivity index (χ2n) is 2.95. The molecule has 0 rings (SSSR count). The van der Waals surface area contributed by atoms with Crippen LogP contribution >= 0.6 is 0 Å². The topological polar surface area (TPSA) is 29.5 Å². The first-order chi connectivity index (χ1) is 5.55. The maximum atomic E-state index is 9.68. The Morgan fingerprint density at radius 2 is 2.33 bits per heavy atom. The molecule has 0 saturated carbocycles. The van der Waals surface area contributed by atoms with E-state index in [4.69, 9.17) is 11.2 Å². The Bertz CT molecular complexity index is 187. The summed E-state index contributed by atoms with van der Waals surface area (Å²) >= 11 is 0. The van der Waals surface area contributed by atoms with Crippen molar-refractivity contribution < 1.29 is 9.84 Å². The van der Waals surface area contributed by atoms with Crippen LogP contribution < -0.4 is 0 Å². The van der Waals surface area contributed by atoms with Gasteiger partial charge in [-0.2, -0.15) is 0 Å². The van der Waals surface area contributed by atoms with Crippen molar-refractivity contribution in [2.75, 3.05) is 7.11 Å². The summed E-state index contributed by atoms with van der Waals surface area (Å²) in [6, 6.07) is 0. The third-order valence-electron chi connectivity index (χ3n) is 1.59. The zero-order chi connectivity index (χ0) is 9.61. The number of methoxy groups -OCH3 is 1. The van der Waals surface area contributed by atoms with Gasteiger partial charge in [-0.25, -0.2) is 0 Å². The molecule has 12 heavy (non-hydrogen) atoms. The van der Waals surface area contributed by atoms with Crippen molar-refractivity contribution in [3.63, 3.8) is 0 Å². The number of aliphatic hydroxyl groups is 1. The second kappa shape index (κ2) is 4.97. The maximum Gasteiger partial charge on any atom is 0.120 e. The molecule has 2 nitrogen and oxygen atoms in total. The number of hydrogen-bond donors (Lipinski definition) is 1. The van der Waals surface area contributed by atoms with Crippen LogP contribution in [0.15, 0.2) is 12.2 Å². The van der Waals surface area contributed by atoms with Crippen LogP contribution in [0.3, 0.4) is 0 Å². The van der Waals surface area contributed by atoms with E-state index in [-0.39, 0.29) is 6.10 Å². The molecule has 0 amide bonds. The van der Waals surface area contributed by atoms with Crippen LogP contribution in [-0.2, 0) is 4.74 Å². The third-order valence-corrected chi connectivity index (χ3v) is 1.59. The molecule has 0 saturated heterocycles. The van der Waals surface area contributed by atoms with E-state index < -0.39 is 5.60 Å². The molecule has 2 heteroatoms. The molecule has 0 aliphatic rings. The highest BCUT2D eigenvalue weighted by Crippen LogP contribution is 2.14. The Morgan fingerprint density at radius 3 is 2.67 bits per heavy atom. The third kappa shape index (κ3) is 4.17. The van der Waals surface area contributed by atoms with Gasteiger partial charge in [-0.15, -0.1) is 6.42 Å². The van der Waals surface area contributed by atoms with Gasteiger partial charge in [0, 0.05) is 13.5 Å². The molecular weight excluding hydrogens is 152 g/mol. The molecule has 2 atom stereocenters.